The zero-order valence-corrected chi connectivity index (χ0v) is 13.3. The molecular formula is C13H16FN5O7. The molecule has 1 aromatic heterocycles. The van der Waals surface area contributed by atoms with Crippen molar-refractivity contribution in [1.82, 2.24) is 9.55 Å². The fraction of sp³-hybridized carbons (Fsp3) is 0.615. The fourth-order valence-corrected chi connectivity index (χ4v) is 2.33. The van der Waals surface area contributed by atoms with Gasteiger partial charge in [0.1, 0.15) is 24.9 Å². The van der Waals surface area contributed by atoms with Crippen LogP contribution in [0.2, 0.25) is 0 Å². The molecule has 0 amide bonds. The van der Waals surface area contributed by atoms with Crippen LogP contribution in [0.25, 0.3) is 10.4 Å². The lowest BCUT2D eigenvalue weighted by atomic mass is 10.1. The van der Waals surface area contributed by atoms with Gasteiger partial charge in [-0.15, -0.1) is 0 Å². The molecule has 1 aliphatic rings. The lowest BCUT2D eigenvalue weighted by Crippen LogP contribution is -2.38. The zero-order valence-electron chi connectivity index (χ0n) is 13.3. The van der Waals surface area contributed by atoms with E-state index in [-0.39, 0.29) is 19.4 Å². The summed E-state index contributed by atoms with van der Waals surface area (Å²) in [6, 6.07) is 0. The molecule has 0 aliphatic carbocycles. The zero-order chi connectivity index (χ0) is 19.3. The van der Waals surface area contributed by atoms with Gasteiger partial charge in [-0.3, -0.25) is 19.1 Å². The van der Waals surface area contributed by atoms with E-state index in [9.17, 15) is 29.0 Å². The van der Waals surface area contributed by atoms with Gasteiger partial charge >= 0.3 is 11.7 Å². The first-order valence-electron chi connectivity index (χ1n) is 7.54. The van der Waals surface area contributed by atoms with Crippen LogP contribution < -0.4 is 11.2 Å². The predicted octanol–water partition coefficient (Wildman–Crippen LogP) is -1.07. The molecule has 1 aliphatic heterocycles. The second kappa shape index (κ2) is 8.58. The van der Waals surface area contributed by atoms with E-state index in [1.165, 1.54) is 0 Å². The number of nitrogens with zero attached hydrogens (tertiary/aromatic N) is 4. The molecule has 13 heteroatoms. The summed E-state index contributed by atoms with van der Waals surface area (Å²) in [7, 11) is 0. The molecule has 0 bridgehead atoms. The highest BCUT2D eigenvalue weighted by Gasteiger charge is 2.44. The Labute approximate surface area is 144 Å². The van der Waals surface area contributed by atoms with Gasteiger partial charge < -0.3 is 19.7 Å². The van der Waals surface area contributed by atoms with E-state index in [4.69, 9.17) is 15.0 Å². The average molecular weight is 373 g/mol. The first kappa shape index (κ1) is 19.6. The van der Waals surface area contributed by atoms with Gasteiger partial charge in [0, 0.05) is 17.9 Å². The second-order valence-corrected chi connectivity index (χ2v) is 5.43. The molecule has 0 aromatic carbocycles. The summed E-state index contributed by atoms with van der Waals surface area (Å²) in [5, 5.41) is 23.2. The highest BCUT2D eigenvalue weighted by Crippen LogP contribution is 2.28. The summed E-state index contributed by atoms with van der Waals surface area (Å²) in [6.07, 6.45) is -4.99. The minimum atomic E-state index is -1.62. The normalized spacial score (nSPS) is 24.9. The number of nitrogens with one attached hydrogen (secondary N) is 1. The molecule has 2 heterocycles. The third kappa shape index (κ3) is 4.46. The largest absolute Gasteiger partial charge is 0.463 e. The number of halogens is 1. The molecule has 0 spiro atoms. The van der Waals surface area contributed by atoms with Crippen molar-refractivity contribution >= 4 is 5.97 Å². The van der Waals surface area contributed by atoms with E-state index in [1.807, 2.05) is 0 Å². The molecule has 3 N–H and O–H groups in total. The minimum Gasteiger partial charge on any atom is -0.463 e. The molecule has 1 fully saturated rings. The van der Waals surface area contributed by atoms with Crippen molar-refractivity contribution in [3.8, 4) is 0 Å². The maximum atomic E-state index is 13.4. The first-order chi connectivity index (χ1) is 12.3. The smallest absolute Gasteiger partial charge is 0.330 e. The molecule has 12 nitrogen and oxygen atoms in total. The van der Waals surface area contributed by atoms with Crippen molar-refractivity contribution in [2.24, 2.45) is 5.11 Å². The molecular weight excluding hydrogens is 357 g/mol. The van der Waals surface area contributed by atoms with Gasteiger partial charge in [0.2, 0.25) is 5.82 Å². The van der Waals surface area contributed by atoms with E-state index in [0.29, 0.717) is 10.8 Å². The van der Waals surface area contributed by atoms with Gasteiger partial charge in [0.25, 0.3) is 5.56 Å². The van der Waals surface area contributed by atoms with Crippen molar-refractivity contribution in [2.75, 3.05) is 13.2 Å². The van der Waals surface area contributed by atoms with Gasteiger partial charge in [-0.1, -0.05) is 5.11 Å². The predicted molar refractivity (Wildman–Crippen MR) is 81.4 cm³/mol. The number of hydrogen-bond acceptors (Lipinski definition) is 8. The number of rotatable bonds is 7. The number of aliphatic hydroxyl groups is 2. The number of azide groups is 1. The van der Waals surface area contributed by atoms with Crippen LogP contribution in [0.3, 0.4) is 0 Å². The number of H-pyrrole nitrogens is 1. The second-order valence-electron chi connectivity index (χ2n) is 5.43. The molecule has 1 saturated heterocycles. The van der Waals surface area contributed by atoms with Gasteiger partial charge in [-0.2, -0.15) is 4.39 Å². The SMILES string of the molecule is [N-]=[N+]=NCCCC(=O)OC[C@H]1O[C@@H](n2cc(F)c(=O)[nH]c2=O)[C@H](O)[C@@H]1O. The first-order valence-corrected chi connectivity index (χ1v) is 7.54. The number of esters is 1. The molecule has 2 rings (SSSR count). The third-order valence-electron chi connectivity index (χ3n) is 3.65. The maximum absolute atomic E-state index is 13.4. The summed E-state index contributed by atoms with van der Waals surface area (Å²) >= 11 is 0. The molecule has 26 heavy (non-hydrogen) atoms. The van der Waals surface area contributed by atoms with Crippen molar-refractivity contribution in [2.45, 2.75) is 37.4 Å². The van der Waals surface area contributed by atoms with Crippen LogP contribution in [0.1, 0.15) is 19.1 Å². The number of aromatic nitrogens is 2. The molecule has 4 atom stereocenters. The third-order valence-corrected chi connectivity index (χ3v) is 3.65. The van der Waals surface area contributed by atoms with Crippen molar-refractivity contribution in [3.05, 3.63) is 43.3 Å². The summed E-state index contributed by atoms with van der Waals surface area (Å²) < 4.78 is 24.1. The average Bonchev–Trinajstić information content (AvgIpc) is 2.88. The maximum Gasteiger partial charge on any atom is 0.330 e. The highest BCUT2D eigenvalue weighted by atomic mass is 19.1. The van der Waals surface area contributed by atoms with E-state index in [2.05, 4.69) is 10.0 Å². The Kier molecular flexibility index (Phi) is 6.46. The molecule has 142 valence electrons. The quantitative estimate of drug-likeness (QED) is 0.179. The number of carbonyl (C=O) groups is 1. The Balaban J connectivity index is 1.98. The Hall–Kier alpha value is -2.73. The topological polar surface area (TPSA) is 180 Å². The van der Waals surface area contributed by atoms with Gasteiger partial charge in [-0.05, 0) is 12.0 Å². The van der Waals surface area contributed by atoms with Crippen molar-refractivity contribution in [3.63, 3.8) is 0 Å². The van der Waals surface area contributed by atoms with Crippen molar-refractivity contribution in [1.29, 1.82) is 0 Å². The van der Waals surface area contributed by atoms with E-state index in [1.54, 1.807) is 4.98 Å². The number of aromatic amines is 1. The molecule has 0 radical (unpaired) electrons. The fourth-order valence-electron chi connectivity index (χ4n) is 2.33. The monoisotopic (exact) mass is 373 g/mol. The van der Waals surface area contributed by atoms with Crippen LogP contribution >= 0.6 is 0 Å². The molecule has 0 saturated carbocycles. The Morgan fingerprint density at radius 2 is 2.19 bits per heavy atom. The minimum absolute atomic E-state index is 0.0294. The van der Waals surface area contributed by atoms with Gasteiger partial charge in [-0.25, -0.2) is 4.79 Å². The summed E-state index contributed by atoms with van der Waals surface area (Å²) in [4.78, 5) is 38.5. The van der Waals surface area contributed by atoms with E-state index >= 15 is 0 Å². The summed E-state index contributed by atoms with van der Waals surface area (Å²) in [6.45, 7) is -0.300. The lowest BCUT2D eigenvalue weighted by molar-refractivity contribution is -0.150. The van der Waals surface area contributed by atoms with Crippen molar-refractivity contribution < 1.29 is 28.9 Å². The Morgan fingerprint density at radius 3 is 2.88 bits per heavy atom. The molecule has 0 unspecified atom stereocenters. The summed E-state index contributed by atoms with van der Waals surface area (Å²) in [5.41, 5.74) is 5.84. The van der Waals surface area contributed by atoms with E-state index in [0.717, 1.165) is 0 Å². The Bertz CT molecular complexity index is 818. The standard InChI is InChI=1S/C13H16FN5O7/c14-6-4-19(13(24)17-11(6)23)12-10(22)9(21)7(26-12)5-25-8(20)2-1-3-16-18-15/h4,7,9-10,12,21-22H,1-3,5H2,(H,17,23,24)/t7-,9-,10-,12-/m1/s1. The van der Waals surface area contributed by atoms with E-state index < -0.39 is 54.2 Å². The van der Waals surface area contributed by atoms with Crippen LogP contribution in [0.15, 0.2) is 20.9 Å². The highest BCUT2D eigenvalue weighted by molar-refractivity contribution is 5.69. The lowest BCUT2D eigenvalue weighted by Gasteiger charge is -2.16. The number of carbonyl (C=O) groups excluding carboxylic acids is 1. The summed E-state index contributed by atoms with van der Waals surface area (Å²) in [5.74, 6) is -1.91. The molecule has 1 aromatic rings. The van der Waals surface area contributed by atoms with Crippen LogP contribution in [0.5, 0.6) is 0 Å². The van der Waals surface area contributed by atoms with Crippen LogP contribution in [-0.4, -0.2) is 57.2 Å². The van der Waals surface area contributed by atoms with Gasteiger partial charge in [0.05, 0.1) is 6.20 Å². The van der Waals surface area contributed by atoms with Crippen LogP contribution in [0, 0.1) is 5.82 Å². The number of hydrogen-bond donors (Lipinski definition) is 3. The van der Waals surface area contributed by atoms with Gasteiger partial charge in [0.15, 0.2) is 6.23 Å². The number of ether oxygens (including phenoxy) is 2. The van der Waals surface area contributed by atoms with Crippen LogP contribution in [-0.2, 0) is 14.3 Å². The number of aliphatic hydroxyl groups excluding tert-OH is 2. The van der Waals surface area contributed by atoms with Crippen LogP contribution in [0.4, 0.5) is 4.39 Å². The Morgan fingerprint density at radius 1 is 1.46 bits per heavy atom.